The molecule has 0 spiro atoms. The van der Waals surface area contributed by atoms with Crippen LogP contribution in [-0.2, 0) is 4.79 Å². The van der Waals surface area contributed by atoms with E-state index in [1.807, 2.05) is 6.92 Å². The van der Waals surface area contributed by atoms with Crippen molar-refractivity contribution in [3.63, 3.8) is 0 Å². The van der Waals surface area contributed by atoms with Crippen LogP contribution in [0.1, 0.15) is 35.5 Å². The molecule has 2 rings (SSSR count). The maximum atomic E-state index is 12.8. The average molecular weight is 380 g/mol. The van der Waals surface area contributed by atoms with E-state index in [2.05, 4.69) is 24.1 Å². The molecule has 1 aromatic heterocycles. The number of hydrogen-bond donors (Lipinski definition) is 1. The predicted octanol–water partition coefficient (Wildman–Crippen LogP) is 4.23. The molecule has 2 aromatic rings. The maximum absolute atomic E-state index is 12.8. The van der Waals surface area contributed by atoms with Gasteiger partial charge in [0, 0.05) is 28.2 Å². The van der Waals surface area contributed by atoms with E-state index in [4.69, 9.17) is 11.6 Å². The molecular formula is C18H22ClN3O2S. The van der Waals surface area contributed by atoms with Crippen LogP contribution in [0.3, 0.4) is 0 Å². The highest BCUT2D eigenvalue weighted by molar-refractivity contribution is 7.15. The molecular weight excluding hydrogens is 358 g/mol. The first-order valence-corrected chi connectivity index (χ1v) is 9.31. The van der Waals surface area contributed by atoms with Crippen LogP contribution in [-0.4, -0.2) is 34.8 Å². The summed E-state index contributed by atoms with van der Waals surface area (Å²) < 4.78 is 0. The molecule has 0 bridgehead atoms. The van der Waals surface area contributed by atoms with Crippen molar-refractivity contribution in [1.82, 2.24) is 9.88 Å². The number of rotatable bonds is 7. The molecule has 0 atom stereocenters. The fourth-order valence-corrected chi connectivity index (χ4v) is 3.09. The van der Waals surface area contributed by atoms with Crippen LogP contribution in [0.25, 0.3) is 0 Å². The van der Waals surface area contributed by atoms with Gasteiger partial charge in [0.05, 0.1) is 0 Å². The highest BCUT2D eigenvalue weighted by atomic mass is 35.5. The molecule has 1 N–H and O–H groups in total. The number of halogens is 1. The molecule has 1 heterocycles. The molecule has 25 heavy (non-hydrogen) atoms. The van der Waals surface area contributed by atoms with Crippen LogP contribution in [0.5, 0.6) is 0 Å². The number of carbonyl (C=O) groups is 2. The number of nitrogens with one attached hydrogen (secondary N) is 1. The lowest BCUT2D eigenvalue weighted by atomic mass is 10.1. The standard InChI is InChI=1S/C18H22ClN3O2S/c1-12(2)7-8-22(17(24)14-5-4-6-15(19)9-14)11-16(23)21-18-20-10-13(3)25-18/h4-6,9-10,12H,7-8,11H2,1-3H3,(H,20,21,23). The Balaban J connectivity index is 2.08. The third-order valence-electron chi connectivity index (χ3n) is 3.54. The zero-order valence-electron chi connectivity index (χ0n) is 14.6. The number of thiazole rings is 1. The van der Waals surface area contributed by atoms with Gasteiger partial charge in [0.2, 0.25) is 5.91 Å². The third kappa shape index (κ3) is 6.14. The zero-order valence-corrected chi connectivity index (χ0v) is 16.2. The molecule has 2 amide bonds. The van der Waals surface area contributed by atoms with Crippen LogP contribution < -0.4 is 5.32 Å². The first-order valence-electron chi connectivity index (χ1n) is 8.12. The lowest BCUT2D eigenvalue weighted by molar-refractivity contribution is -0.116. The summed E-state index contributed by atoms with van der Waals surface area (Å²) in [4.78, 5) is 31.8. The van der Waals surface area contributed by atoms with Crippen molar-refractivity contribution >= 4 is 39.9 Å². The molecule has 134 valence electrons. The van der Waals surface area contributed by atoms with Gasteiger partial charge in [-0.3, -0.25) is 9.59 Å². The van der Waals surface area contributed by atoms with Crippen LogP contribution >= 0.6 is 22.9 Å². The number of benzene rings is 1. The highest BCUT2D eigenvalue weighted by Gasteiger charge is 2.20. The van der Waals surface area contributed by atoms with E-state index in [1.54, 1.807) is 35.4 Å². The second-order valence-corrected chi connectivity index (χ2v) is 7.92. The molecule has 0 saturated carbocycles. The summed E-state index contributed by atoms with van der Waals surface area (Å²) in [5, 5.41) is 3.79. The molecule has 0 aliphatic heterocycles. The van der Waals surface area contributed by atoms with Gasteiger partial charge in [-0.2, -0.15) is 0 Å². The lowest BCUT2D eigenvalue weighted by Crippen LogP contribution is -2.39. The number of aromatic nitrogens is 1. The Morgan fingerprint density at radius 3 is 2.72 bits per heavy atom. The summed E-state index contributed by atoms with van der Waals surface area (Å²) in [5.74, 6) is -0.0264. The van der Waals surface area contributed by atoms with E-state index in [0.717, 1.165) is 11.3 Å². The minimum atomic E-state index is -0.256. The molecule has 0 fully saturated rings. The fraction of sp³-hybridized carbons (Fsp3) is 0.389. The Labute approximate surface area is 157 Å². The Hall–Kier alpha value is -1.92. The fourth-order valence-electron chi connectivity index (χ4n) is 2.22. The van der Waals surface area contributed by atoms with E-state index in [-0.39, 0.29) is 18.4 Å². The van der Waals surface area contributed by atoms with Crippen molar-refractivity contribution in [3.8, 4) is 0 Å². The van der Waals surface area contributed by atoms with Crippen molar-refractivity contribution in [1.29, 1.82) is 0 Å². The molecule has 0 radical (unpaired) electrons. The first-order chi connectivity index (χ1) is 11.8. The van der Waals surface area contributed by atoms with Gasteiger partial charge in [-0.25, -0.2) is 4.98 Å². The Kier molecular flexibility index (Phi) is 6.96. The number of carbonyl (C=O) groups excluding carboxylic acids is 2. The SMILES string of the molecule is Cc1cnc(NC(=O)CN(CCC(C)C)C(=O)c2cccc(Cl)c2)s1. The number of aryl methyl sites for hydroxylation is 1. The molecule has 0 unspecified atom stereocenters. The maximum Gasteiger partial charge on any atom is 0.254 e. The Morgan fingerprint density at radius 2 is 2.12 bits per heavy atom. The smallest absolute Gasteiger partial charge is 0.254 e. The van der Waals surface area contributed by atoms with Gasteiger partial charge in [0.15, 0.2) is 5.13 Å². The number of amides is 2. The van der Waals surface area contributed by atoms with Crippen molar-refractivity contribution in [2.75, 3.05) is 18.4 Å². The third-order valence-corrected chi connectivity index (χ3v) is 4.60. The average Bonchev–Trinajstić information content (AvgIpc) is 2.95. The van der Waals surface area contributed by atoms with E-state index >= 15 is 0 Å². The quantitative estimate of drug-likeness (QED) is 0.782. The van der Waals surface area contributed by atoms with Gasteiger partial charge in [-0.05, 0) is 37.5 Å². The van der Waals surface area contributed by atoms with E-state index in [0.29, 0.717) is 28.2 Å². The normalized spacial score (nSPS) is 10.8. The topological polar surface area (TPSA) is 62.3 Å². The number of hydrogen-bond acceptors (Lipinski definition) is 4. The summed E-state index contributed by atoms with van der Waals surface area (Å²) in [6, 6.07) is 6.77. The number of anilines is 1. The van der Waals surface area contributed by atoms with Crippen molar-refractivity contribution in [2.24, 2.45) is 5.92 Å². The summed E-state index contributed by atoms with van der Waals surface area (Å²) >= 11 is 7.38. The van der Waals surface area contributed by atoms with E-state index < -0.39 is 0 Å². The Morgan fingerprint density at radius 1 is 1.36 bits per heavy atom. The first kappa shape index (κ1) is 19.4. The summed E-state index contributed by atoms with van der Waals surface area (Å²) in [6.45, 7) is 6.58. The van der Waals surface area contributed by atoms with Gasteiger partial charge in [-0.15, -0.1) is 11.3 Å². The minimum absolute atomic E-state index is 0.0172. The number of nitrogens with zero attached hydrogens (tertiary/aromatic N) is 2. The van der Waals surface area contributed by atoms with Crippen LogP contribution in [0.4, 0.5) is 5.13 Å². The second-order valence-electron chi connectivity index (χ2n) is 6.24. The second kappa shape index (κ2) is 8.97. The minimum Gasteiger partial charge on any atom is -0.329 e. The predicted molar refractivity (Wildman–Crippen MR) is 102 cm³/mol. The summed E-state index contributed by atoms with van der Waals surface area (Å²) in [6.07, 6.45) is 2.52. The summed E-state index contributed by atoms with van der Waals surface area (Å²) in [5.41, 5.74) is 0.481. The van der Waals surface area contributed by atoms with Crippen molar-refractivity contribution in [3.05, 3.63) is 45.9 Å². The van der Waals surface area contributed by atoms with E-state index in [9.17, 15) is 9.59 Å². The van der Waals surface area contributed by atoms with Crippen LogP contribution in [0.2, 0.25) is 5.02 Å². The van der Waals surface area contributed by atoms with E-state index in [1.165, 1.54) is 11.3 Å². The van der Waals surface area contributed by atoms with Crippen LogP contribution in [0, 0.1) is 12.8 Å². The largest absolute Gasteiger partial charge is 0.329 e. The molecule has 0 saturated heterocycles. The molecule has 0 aliphatic rings. The van der Waals surface area contributed by atoms with Crippen molar-refractivity contribution in [2.45, 2.75) is 27.2 Å². The van der Waals surface area contributed by atoms with Gasteiger partial charge in [-0.1, -0.05) is 31.5 Å². The van der Waals surface area contributed by atoms with Gasteiger partial charge < -0.3 is 10.2 Å². The van der Waals surface area contributed by atoms with Gasteiger partial charge in [0.1, 0.15) is 6.54 Å². The zero-order chi connectivity index (χ0) is 18.4. The highest BCUT2D eigenvalue weighted by Crippen LogP contribution is 2.17. The molecule has 1 aromatic carbocycles. The molecule has 5 nitrogen and oxygen atoms in total. The molecule has 7 heteroatoms. The summed E-state index contributed by atoms with van der Waals surface area (Å²) in [7, 11) is 0. The monoisotopic (exact) mass is 379 g/mol. The lowest BCUT2D eigenvalue weighted by Gasteiger charge is -2.23. The van der Waals surface area contributed by atoms with Gasteiger partial charge in [0.25, 0.3) is 5.91 Å². The molecule has 0 aliphatic carbocycles. The van der Waals surface area contributed by atoms with Crippen LogP contribution in [0.15, 0.2) is 30.5 Å². The Bertz CT molecular complexity index is 745. The van der Waals surface area contributed by atoms with Crippen molar-refractivity contribution < 1.29 is 9.59 Å². The van der Waals surface area contributed by atoms with Gasteiger partial charge >= 0.3 is 0 Å².